The number of aromatic nitrogens is 1. The Labute approximate surface area is 181 Å². The zero-order chi connectivity index (χ0) is 21.6. The van der Waals surface area contributed by atoms with Crippen molar-refractivity contribution in [1.29, 1.82) is 0 Å². The van der Waals surface area contributed by atoms with E-state index in [2.05, 4.69) is 4.98 Å². The number of esters is 1. The van der Waals surface area contributed by atoms with Crippen LogP contribution in [0.5, 0.6) is 5.75 Å². The highest BCUT2D eigenvalue weighted by Crippen LogP contribution is 2.25. The van der Waals surface area contributed by atoms with Crippen molar-refractivity contribution in [2.24, 2.45) is 4.99 Å². The van der Waals surface area contributed by atoms with E-state index in [9.17, 15) is 4.79 Å². The van der Waals surface area contributed by atoms with Gasteiger partial charge in [0.05, 0.1) is 19.9 Å². The molecule has 1 atom stereocenters. The first-order valence-electron chi connectivity index (χ1n) is 10.1. The van der Waals surface area contributed by atoms with Gasteiger partial charge in [-0.05, 0) is 23.8 Å². The average molecular weight is 412 g/mol. The summed E-state index contributed by atoms with van der Waals surface area (Å²) < 4.78 is 10.5. The van der Waals surface area contributed by atoms with E-state index in [0.717, 1.165) is 39.1 Å². The van der Waals surface area contributed by atoms with E-state index in [1.54, 1.807) is 7.11 Å². The normalized spacial score (nSPS) is 11.7. The molecular weight excluding hydrogens is 388 g/mol. The number of methoxy groups -OCH3 is 2. The summed E-state index contributed by atoms with van der Waals surface area (Å²) in [4.78, 5) is 20.9. The zero-order valence-corrected chi connectivity index (χ0v) is 17.5. The van der Waals surface area contributed by atoms with Crippen molar-refractivity contribution in [2.75, 3.05) is 14.2 Å². The Morgan fingerprint density at radius 2 is 1.58 bits per heavy atom. The summed E-state index contributed by atoms with van der Waals surface area (Å²) in [6, 6.07) is 24.9. The van der Waals surface area contributed by atoms with Crippen LogP contribution in [0.4, 0.5) is 0 Å². The standard InChI is InChI=1S/C26H24N2O3/c1-30-21-13-14-23-22(16-21)20(17-27-23)15-24(26(29)31-2)28-25(18-9-5-3-6-10-18)19-11-7-4-8-12-19/h3-14,16-17,24,27H,15H2,1-2H3. The number of carbonyl (C=O) groups excluding carboxylic acids is 1. The van der Waals surface area contributed by atoms with Crippen molar-refractivity contribution < 1.29 is 14.3 Å². The van der Waals surface area contributed by atoms with Crippen molar-refractivity contribution in [3.8, 4) is 5.75 Å². The fourth-order valence-electron chi connectivity index (χ4n) is 3.64. The Bertz CT molecular complexity index is 1160. The molecule has 0 fully saturated rings. The first-order valence-corrected chi connectivity index (χ1v) is 10.1. The Balaban J connectivity index is 1.78. The molecule has 1 N–H and O–H groups in total. The third-order valence-corrected chi connectivity index (χ3v) is 5.24. The number of fused-ring (bicyclic) bond motifs is 1. The monoisotopic (exact) mass is 412 g/mol. The van der Waals surface area contributed by atoms with Crippen molar-refractivity contribution in [2.45, 2.75) is 12.5 Å². The maximum atomic E-state index is 12.7. The van der Waals surface area contributed by atoms with Crippen LogP contribution in [-0.4, -0.2) is 36.9 Å². The highest BCUT2D eigenvalue weighted by molar-refractivity contribution is 6.13. The fraction of sp³-hybridized carbons (Fsp3) is 0.154. The quantitative estimate of drug-likeness (QED) is 0.350. The van der Waals surface area contributed by atoms with E-state index in [1.807, 2.05) is 85.1 Å². The molecule has 0 aliphatic carbocycles. The fourth-order valence-corrected chi connectivity index (χ4v) is 3.64. The van der Waals surface area contributed by atoms with Gasteiger partial charge in [-0.3, -0.25) is 4.99 Å². The first kappa shape index (κ1) is 20.4. The van der Waals surface area contributed by atoms with E-state index in [1.165, 1.54) is 7.11 Å². The summed E-state index contributed by atoms with van der Waals surface area (Å²) in [7, 11) is 3.04. The molecule has 0 radical (unpaired) electrons. The maximum Gasteiger partial charge on any atom is 0.330 e. The lowest BCUT2D eigenvalue weighted by Gasteiger charge is -2.14. The molecule has 0 saturated heterocycles. The van der Waals surface area contributed by atoms with E-state index in [0.29, 0.717) is 6.42 Å². The molecule has 5 heteroatoms. The summed E-state index contributed by atoms with van der Waals surface area (Å²) in [5.41, 5.74) is 4.61. The van der Waals surface area contributed by atoms with Gasteiger partial charge in [0.25, 0.3) is 0 Å². The second-order valence-electron chi connectivity index (χ2n) is 7.18. The first-order chi connectivity index (χ1) is 15.2. The minimum Gasteiger partial charge on any atom is -0.497 e. The van der Waals surface area contributed by atoms with Gasteiger partial charge in [0.15, 0.2) is 6.04 Å². The molecule has 0 spiro atoms. The molecule has 1 unspecified atom stereocenters. The number of nitrogens with one attached hydrogen (secondary N) is 1. The Morgan fingerprint density at radius 1 is 0.935 bits per heavy atom. The van der Waals surface area contributed by atoms with Gasteiger partial charge in [0.1, 0.15) is 5.75 Å². The lowest BCUT2D eigenvalue weighted by Crippen LogP contribution is -2.25. The minimum atomic E-state index is -0.689. The second kappa shape index (κ2) is 9.30. The molecule has 0 aliphatic rings. The van der Waals surface area contributed by atoms with Gasteiger partial charge in [-0.15, -0.1) is 0 Å². The summed E-state index contributed by atoms with van der Waals surface area (Å²) >= 11 is 0. The van der Waals surface area contributed by atoms with Crippen LogP contribution in [0, 0.1) is 0 Å². The highest BCUT2D eigenvalue weighted by atomic mass is 16.5. The highest BCUT2D eigenvalue weighted by Gasteiger charge is 2.22. The molecule has 4 aromatic rings. The number of hydrogen-bond acceptors (Lipinski definition) is 4. The van der Waals surface area contributed by atoms with Crippen molar-refractivity contribution in [1.82, 2.24) is 4.98 Å². The summed E-state index contributed by atoms with van der Waals surface area (Å²) in [6.45, 7) is 0. The molecule has 0 saturated carbocycles. The molecule has 156 valence electrons. The molecule has 0 bridgehead atoms. The third-order valence-electron chi connectivity index (χ3n) is 5.24. The molecule has 3 aromatic carbocycles. The van der Waals surface area contributed by atoms with Crippen LogP contribution in [0.25, 0.3) is 10.9 Å². The predicted octanol–water partition coefficient (Wildman–Crippen LogP) is 4.80. The van der Waals surface area contributed by atoms with Gasteiger partial charge in [-0.2, -0.15) is 0 Å². The summed E-state index contributed by atoms with van der Waals surface area (Å²) in [5, 5.41) is 1.00. The van der Waals surface area contributed by atoms with Crippen LogP contribution in [0.2, 0.25) is 0 Å². The number of aromatic amines is 1. The number of ether oxygens (including phenoxy) is 2. The Kier molecular flexibility index (Phi) is 6.13. The number of hydrogen-bond donors (Lipinski definition) is 1. The van der Waals surface area contributed by atoms with E-state index in [-0.39, 0.29) is 5.97 Å². The second-order valence-corrected chi connectivity index (χ2v) is 7.18. The van der Waals surface area contributed by atoms with Crippen LogP contribution >= 0.6 is 0 Å². The Morgan fingerprint density at radius 3 is 2.16 bits per heavy atom. The molecule has 1 heterocycles. The molecule has 5 nitrogen and oxygen atoms in total. The Hall–Kier alpha value is -3.86. The largest absolute Gasteiger partial charge is 0.497 e. The topological polar surface area (TPSA) is 63.7 Å². The van der Waals surface area contributed by atoms with Gasteiger partial charge >= 0.3 is 5.97 Å². The molecule has 0 amide bonds. The van der Waals surface area contributed by atoms with Gasteiger partial charge in [0, 0.05) is 34.6 Å². The van der Waals surface area contributed by atoms with Crippen LogP contribution in [0.3, 0.4) is 0 Å². The van der Waals surface area contributed by atoms with Gasteiger partial charge in [-0.1, -0.05) is 60.7 Å². The number of benzene rings is 3. The summed E-state index contributed by atoms with van der Waals surface area (Å²) in [6.07, 6.45) is 2.32. The van der Waals surface area contributed by atoms with Crippen LogP contribution in [0.15, 0.2) is 90.1 Å². The molecule has 4 rings (SSSR count). The van der Waals surface area contributed by atoms with Crippen molar-refractivity contribution >= 4 is 22.6 Å². The van der Waals surface area contributed by atoms with Gasteiger partial charge < -0.3 is 14.5 Å². The smallest absolute Gasteiger partial charge is 0.330 e. The van der Waals surface area contributed by atoms with E-state index >= 15 is 0 Å². The van der Waals surface area contributed by atoms with Crippen molar-refractivity contribution in [3.63, 3.8) is 0 Å². The van der Waals surface area contributed by atoms with Crippen molar-refractivity contribution in [3.05, 3.63) is 102 Å². The third kappa shape index (κ3) is 4.51. The number of rotatable bonds is 7. The minimum absolute atomic E-state index is 0.374. The number of H-pyrrole nitrogens is 1. The number of nitrogens with zero attached hydrogens (tertiary/aromatic N) is 1. The lowest BCUT2D eigenvalue weighted by molar-refractivity contribution is -0.142. The van der Waals surface area contributed by atoms with Crippen LogP contribution < -0.4 is 4.74 Å². The summed E-state index contributed by atoms with van der Waals surface area (Å²) in [5.74, 6) is 0.391. The van der Waals surface area contributed by atoms with Crippen LogP contribution in [0.1, 0.15) is 16.7 Å². The van der Waals surface area contributed by atoms with Gasteiger partial charge in [0.2, 0.25) is 0 Å². The average Bonchev–Trinajstić information content (AvgIpc) is 3.24. The molecule has 1 aromatic heterocycles. The zero-order valence-electron chi connectivity index (χ0n) is 17.5. The van der Waals surface area contributed by atoms with Crippen LogP contribution in [-0.2, 0) is 16.0 Å². The number of aliphatic imine (C=N–C) groups is 1. The number of carbonyl (C=O) groups is 1. The molecular formula is C26H24N2O3. The molecule has 31 heavy (non-hydrogen) atoms. The SMILES string of the molecule is COC(=O)C(Cc1c[nH]c2ccc(OC)cc12)N=C(c1ccccc1)c1ccccc1. The van der Waals surface area contributed by atoms with Gasteiger partial charge in [-0.25, -0.2) is 4.79 Å². The lowest BCUT2D eigenvalue weighted by atomic mass is 10.0. The predicted molar refractivity (Wildman–Crippen MR) is 123 cm³/mol. The van der Waals surface area contributed by atoms with E-state index < -0.39 is 6.04 Å². The maximum absolute atomic E-state index is 12.7. The molecule has 0 aliphatic heterocycles. The van der Waals surface area contributed by atoms with E-state index in [4.69, 9.17) is 14.5 Å².